The van der Waals surface area contributed by atoms with E-state index in [4.69, 9.17) is 23.2 Å². The molecule has 0 spiro atoms. The monoisotopic (exact) mass is 532 g/mol. The van der Waals surface area contributed by atoms with Gasteiger partial charge in [0.2, 0.25) is 5.91 Å². The van der Waals surface area contributed by atoms with Gasteiger partial charge >= 0.3 is 6.18 Å². The van der Waals surface area contributed by atoms with Crippen molar-refractivity contribution in [2.24, 2.45) is 0 Å². The molecular weight excluding hydrogens is 516 g/mol. The number of carbonyl (C=O) groups excluding carboxylic acids is 2. The third-order valence-electron chi connectivity index (χ3n) is 5.23. The minimum absolute atomic E-state index is 0.0270. The van der Waals surface area contributed by atoms with Gasteiger partial charge in [0.15, 0.2) is 5.15 Å². The predicted octanol–water partition coefficient (Wildman–Crippen LogP) is 6.33. The number of nitrogens with zero attached hydrogens (tertiary/aromatic N) is 3. The molecule has 0 unspecified atom stereocenters. The molecule has 2 aromatic carbocycles. The van der Waals surface area contributed by atoms with Crippen molar-refractivity contribution in [3.63, 3.8) is 0 Å². The zero-order chi connectivity index (χ0) is 25.9. The van der Waals surface area contributed by atoms with Crippen LogP contribution in [0.1, 0.15) is 21.5 Å². The van der Waals surface area contributed by atoms with Gasteiger partial charge in [-0.3, -0.25) is 14.6 Å². The highest BCUT2D eigenvalue weighted by Gasteiger charge is 2.33. The van der Waals surface area contributed by atoms with Gasteiger partial charge in [0.1, 0.15) is 5.88 Å². The fourth-order valence-corrected chi connectivity index (χ4v) is 3.83. The highest BCUT2D eigenvalue weighted by Crippen LogP contribution is 2.34. The van der Waals surface area contributed by atoms with Crippen LogP contribution in [0.4, 0.5) is 24.5 Å². The molecule has 11 heteroatoms. The first-order chi connectivity index (χ1) is 17.2. The van der Waals surface area contributed by atoms with E-state index in [2.05, 4.69) is 15.3 Å². The number of benzene rings is 2. The average molecular weight is 533 g/mol. The highest BCUT2D eigenvalue weighted by atomic mass is 35.5. The minimum Gasteiger partial charge on any atom is -0.319 e. The summed E-state index contributed by atoms with van der Waals surface area (Å²) in [5, 5.41) is 3.21. The van der Waals surface area contributed by atoms with Gasteiger partial charge in [0.25, 0.3) is 5.91 Å². The molecule has 0 radical (unpaired) electrons. The van der Waals surface area contributed by atoms with Crippen molar-refractivity contribution in [3.8, 4) is 0 Å². The first kappa shape index (κ1) is 25.4. The summed E-state index contributed by atoms with van der Waals surface area (Å²) in [4.78, 5) is 34.8. The van der Waals surface area contributed by atoms with E-state index in [1.165, 1.54) is 30.6 Å². The summed E-state index contributed by atoms with van der Waals surface area (Å²) in [7, 11) is 0. The van der Waals surface area contributed by atoms with Crippen molar-refractivity contribution in [3.05, 3.63) is 94.9 Å². The van der Waals surface area contributed by atoms with Gasteiger partial charge in [-0.15, -0.1) is 11.6 Å². The van der Waals surface area contributed by atoms with Gasteiger partial charge in [0.05, 0.1) is 23.3 Å². The van der Waals surface area contributed by atoms with Crippen molar-refractivity contribution < 1.29 is 22.8 Å². The lowest BCUT2D eigenvalue weighted by Gasteiger charge is -2.24. The van der Waals surface area contributed by atoms with Crippen LogP contribution in [0.25, 0.3) is 10.9 Å². The normalized spacial score (nSPS) is 11.4. The molecule has 2 aromatic heterocycles. The van der Waals surface area contributed by atoms with Crippen LogP contribution >= 0.6 is 23.2 Å². The van der Waals surface area contributed by atoms with Gasteiger partial charge in [-0.2, -0.15) is 13.2 Å². The highest BCUT2D eigenvalue weighted by molar-refractivity contribution is 6.32. The van der Waals surface area contributed by atoms with Crippen molar-refractivity contribution in [2.75, 3.05) is 16.1 Å². The minimum atomic E-state index is -4.78. The van der Waals surface area contributed by atoms with E-state index in [-0.39, 0.29) is 28.6 Å². The lowest BCUT2D eigenvalue weighted by atomic mass is 10.1. The fourth-order valence-electron chi connectivity index (χ4n) is 3.52. The van der Waals surface area contributed by atoms with Crippen molar-refractivity contribution in [1.82, 2.24) is 9.97 Å². The van der Waals surface area contributed by atoms with Gasteiger partial charge in [-0.05, 0) is 48.0 Å². The lowest BCUT2D eigenvalue weighted by Crippen LogP contribution is -2.32. The Morgan fingerprint density at radius 2 is 1.78 bits per heavy atom. The molecule has 184 valence electrons. The third kappa shape index (κ3) is 5.75. The Kier molecular flexibility index (Phi) is 7.42. The van der Waals surface area contributed by atoms with Crippen LogP contribution in [0.3, 0.4) is 0 Å². The number of hydrogen-bond donors (Lipinski definition) is 1. The molecule has 0 aliphatic carbocycles. The number of fused-ring (bicyclic) bond motifs is 1. The molecule has 36 heavy (non-hydrogen) atoms. The number of rotatable bonds is 6. The van der Waals surface area contributed by atoms with E-state index in [0.717, 1.165) is 21.9 Å². The zero-order valence-corrected chi connectivity index (χ0v) is 19.9. The molecule has 1 N–H and O–H groups in total. The van der Waals surface area contributed by atoms with Crippen LogP contribution in [-0.4, -0.2) is 27.7 Å². The number of halogens is 5. The van der Waals surface area contributed by atoms with Gasteiger partial charge in [0, 0.05) is 29.0 Å². The molecule has 2 heterocycles. The van der Waals surface area contributed by atoms with E-state index >= 15 is 0 Å². The number of aromatic nitrogens is 2. The van der Waals surface area contributed by atoms with Crippen molar-refractivity contribution >= 4 is 57.3 Å². The molecule has 0 atom stereocenters. The molecule has 6 nitrogen and oxygen atoms in total. The van der Waals surface area contributed by atoms with E-state index in [1.807, 2.05) is 24.3 Å². The molecule has 0 saturated heterocycles. The fraction of sp³-hybridized carbons (Fsp3) is 0.120. The summed E-state index contributed by atoms with van der Waals surface area (Å²) in [6.45, 7) is -0.111. The molecule has 0 aliphatic rings. The maximum Gasteiger partial charge on any atom is 0.416 e. The lowest BCUT2D eigenvalue weighted by molar-refractivity contribution is -0.137. The summed E-state index contributed by atoms with van der Waals surface area (Å²) in [6, 6.07) is 14.7. The second kappa shape index (κ2) is 10.5. The van der Waals surface area contributed by atoms with Crippen LogP contribution in [0, 0.1) is 0 Å². The number of amides is 2. The number of alkyl halides is 4. The number of pyridine rings is 2. The Morgan fingerprint density at radius 3 is 2.50 bits per heavy atom. The predicted molar refractivity (Wildman–Crippen MR) is 132 cm³/mol. The molecule has 4 rings (SSSR count). The maximum absolute atomic E-state index is 13.7. The molecule has 0 bridgehead atoms. The molecular formula is C25H17Cl2F3N4O2. The third-order valence-corrected chi connectivity index (χ3v) is 5.76. The van der Waals surface area contributed by atoms with E-state index in [1.54, 1.807) is 6.07 Å². The smallest absolute Gasteiger partial charge is 0.319 e. The molecule has 0 aliphatic heterocycles. The largest absolute Gasteiger partial charge is 0.416 e. The Hall–Kier alpha value is -3.69. The Labute approximate surface area is 213 Å². The van der Waals surface area contributed by atoms with Gasteiger partial charge in [-0.25, -0.2) is 4.98 Å². The molecule has 0 fully saturated rings. The topological polar surface area (TPSA) is 75.2 Å². The van der Waals surface area contributed by atoms with Crippen molar-refractivity contribution in [2.45, 2.75) is 12.7 Å². The zero-order valence-electron chi connectivity index (χ0n) is 18.4. The SMILES string of the molecule is O=C(Nc1cccnc1Cl)c1cc(N(Cc2cnc3ccccc3c2)C(=O)CCl)cc(C(F)(F)F)c1. The Morgan fingerprint density at radius 1 is 1.00 bits per heavy atom. The Balaban J connectivity index is 1.75. The summed E-state index contributed by atoms with van der Waals surface area (Å²) >= 11 is 11.7. The van der Waals surface area contributed by atoms with Crippen LogP contribution < -0.4 is 10.2 Å². The molecule has 4 aromatic rings. The summed E-state index contributed by atoms with van der Waals surface area (Å²) in [6.07, 6.45) is -1.85. The van der Waals surface area contributed by atoms with Crippen LogP contribution in [-0.2, 0) is 17.5 Å². The van der Waals surface area contributed by atoms with Crippen LogP contribution in [0.5, 0.6) is 0 Å². The second-order valence-corrected chi connectivity index (χ2v) is 8.34. The van der Waals surface area contributed by atoms with Gasteiger partial charge < -0.3 is 10.2 Å². The van der Waals surface area contributed by atoms with E-state index in [9.17, 15) is 22.8 Å². The summed E-state index contributed by atoms with van der Waals surface area (Å²) in [5.74, 6) is -1.99. The standard InChI is InChI=1S/C25H17Cl2F3N4O2/c26-12-22(35)34(14-15-8-16-4-1-2-5-20(16)32-13-15)19-10-17(9-18(11-19)25(28,29)30)24(36)33-21-6-3-7-31-23(21)27/h1-11,13H,12,14H2,(H,33,36). The Bertz CT molecular complexity index is 1450. The number of hydrogen-bond acceptors (Lipinski definition) is 4. The molecule has 2 amide bonds. The molecule has 0 saturated carbocycles. The van der Waals surface area contributed by atoms with Gasteiger partial charge in [-0.1, -0.05) is 29.8 Å². The van der Waals surface area contributed by atoms with E-state index < -0.39 is 29.4 Å². The first-order valence-electron chi connectivity index (χ1n) is 10.5. The van der Waals surface area contributed by atoms with Crippen molar-refractivity contribution in [1.29, 1.82) is 0 Å². The average Bonchev–Trinajstić information content (AvgIpc) is 2.87. The summed E-state index contributed by atoms with van der Waals surface area (Å²) in [5.41, 5.74) is -0.165. The van der Waals surface area contributed by atoms with E-state index in [0.29, 0.717) is 11.6 Å². The quantitative estimate of drug-likeness (QED) is 0.232. The maximum atomic E-state index is 13.7. The number of para-hydroxylation sites is 1. The number of anilines is 2. The second-order valence-electron chi connectivity index (χ2n) is 7.71. The number of carbonyl (C=O) groups is 2. The first-order valence-corrected chi connectivity index (χ1v) is 11.4. The summed E-state index contributed by atoms with van der Waals surface area (Å²) < 4.78 is 41.2. The van der Waals surface area contributed by atoms with Crippen LogP contribution in [0.15, 0.2) is 73.1 Å². The van der Waals surface area contributed by atoms with Crippen LogP contribution in [0.2, 0.25) is 5.15 Å². The number of nitrogens with one attached hydrogen (secondary N) is 1.